The first-order chi connectivity index (χ1) is 10.1. The predicted octanol–water partition coefficient (Wildman–Crippen LogP) is 3.73. The first-order valence-corrected chi connectivity index (χ1v) is 6.48. The van der Waals surface area contributed by atoms with Crippen LogP contribution in [-0.2, 0) is 0 Å². The van der Waals surface area contributed by atoms with Crippen LogP contribution in [0.5, 0.6) is 0 Å². The largest absolute Gasteiger partial charge is 0.433 e. The van der Waals surface area contributed by atoms with Crippen molar-refractivity contribution in [3.05, 3.63) is 75.5 Å². The summed E-state index contributed by atoms with van der Waals surface area (Å²) in [6, 6.07) is 14.1. The van der Waals surface area contributed by atoms with Crippen LogP contribution in [0.2, 0.25) is 0 Å². The van der Waals surface area contributed by atoms with E-state index in [1.807, 2.05) is 43.3 Å². The molecule has 0 aliphatic rings. The van der Waals surface area contributed by atoms with Crippen molar-refractivity contribution >= 4 is 16.7 Å². The van der Waals surface area contributed by atoms with Crippen molar-refractivity contribution in [2.45, 2.75) is 13.0 Å². The zero-order chi connectivity index (χ0) is 15.0. The van der Waals surface area contributed by atoms with Gasteiger partial charge in [-0.1, -0.05) is 36.4 Å². The lowest BCUT2D eigenvalue weighted by atomic mass is 9.96. The lowest BCUT2D eigenvalue weighted by Gasteiger charge is -2.13. The first kappa shape index (κ1) is 13.3. The summed E-state index contributed by atoms with van der Waals surface area (Å²) in [5, 5.41) is 23.1. The van der Waals surface area contributed by atoms with E-state index in [2.05, 4.69) is 0 Å². The third-order valence-corrected chi connectivity index (χ3v) is 3.53. The molecular formula is C16H13NO4. The van der Waals surface area contributed by atoms with Crippen molar-refractivity contribution in [1.82, 2.24) is 0 Å². The molecule has 1 unspecified atom stereocenters. The molecule has 1 atom stereocenters. The van der Waals surface area contributed by atoms with Gasteiger partial charge in [0.15, 0.2) is 0 Å². The van der Waals surface area contributed by atoms with Crippen LogP contribution in [0, 0.1) is 17.0 Å². The topological polar surface area (TPSA) is 76.5 Å². The zero-order valence-corrected chi connectivity index (χ0v) is 11.3. The van der Waals surface area contributed by atoms with Gasteiger partial charge in [0.2, 0.25) is 0 Å². The number of nitro groups is 1. The molecule has 0 saturated heterocycles. The molecule has 1 heterocycles. The van der Waals surface area contributed by atoms with Crippen molar-refractivity contribution in [1.29, 1.82) is 0 Å². The highest BCUT2D eigenvalue weighted by atomic mass is 16.6. The Labute approximate surface area is 120 Å². The third-order valence-electron chi connectivity index (χ3n) is 3.53. The molecule has 1 N–H and O–H groups in total. The molecule has 0 radical (unpaired) electrons. The summed E-state index contributed by atoms with van der Waals surface area (Å²) >= 11 is 0. The van der Waals surface area contributed by atoms with Crippen molar-refractivity contribution < 1.29 is 14.4 Å². The second-order valence-electron chi connectivity index (χ2n) is 4.85. The number of nitrogens with zero attached hydrogens (tertiary/aromatic N) is 1. The van der Waals surface area contributed by atoms with E-state index >= 15 is 0 Å². The Morgan fingerprint density at radius 1 is 1.10 bits per heavy atom. The Kier molecular flexibility index (Phi) is 3.19. The van der Waals surface area contributed by atoms with Crippen LogP contribution in [0.1, 0.15) is 23.0 Å². The van der Waals surface area contributed by atoms with E-state index in [-0.39, 0.29) is 11.6 Å². The molecule has 0 aliphatic carbocycles. The highest BCUT2D eigenvalue weighted by molar-refractivity contribution is 5.89. The molecule has 0 fully saturated rings. The lowest BCUT2D eigenvalue weighted by Crippen LogP contribution is -1.99. The number of aliphatic hydroxyl groups excluding tert-OH is 1. The summed E-state index contributed by atoms with van der Waals surface area (Å²) in [4.78, 5) is 10.0. The number of aryl methyl sites for hydroxylation is 1. The fourth-order valence-electron chi connectivity index (χ4n) is 2.45. The van der Waals surface area contributed by atoms with Crippen LogP contribution in [0.3, 0.4) is 0 Å². The van der Waals surface area contributed by atoms with E-state index in [4.69, 9.17) is 4.42 Å². The van der Waals surface area contributed by atoms with Crippen molar-refractivity contribution in [2.24, 2.45) is 0 Å². The third kappa shape index (κ3) is 2.28. The second-order valence-corrected chi connectivity index (χ2v) is 4.85. The Balaban J connectivity index is 2.11. The molecule has 5 heteroatoms. The van der Waals surface area contributed by atoms with Gasteiger partial charge in [0.1, 0.15) is 16.8 Å². The molecule has 0 bridgehead atoms. The lowest BCUT2D eigenvalue weighted by molar-refractivity contribution is -0.402. The van der Waals surface area contributed by atoms with Crippen molar-refractivity contribution in [3.8, 4) is 0 Å². The molecular weight excluding hydrogens is 270 g/mol. The SMILES string of the molecule is Cc1ccc(C(O)c2ccc([N+](=O)[O-])o2)c2ccccc12. The summed E-state index contributed by atoms with van der Waals surface area (Å²) in [7, 11) is 0. The molecule has 3 rings (SSSR count). The molecule has 0 spiro atoms. The Bertz CT molecular complexity index is 822. The maximum absolute atomic E-state index is 10.7. The van der Waals surface area contributed by atoms with E-state index in [0.717, 1.165) is 16.3 Å². The number of benzene rings is 2. The Morgan fingerprint density at radius 3 is 2.48 bits per heavy atom. The monoisotopic (exact) mass is 283 g/mol. The van der Waals surface area contributed by atoms with E-state index in [1.54, 1.807) is 0 Å². The fourth-order valence-corrected chi connectivity index (χ4v) is 2.45. The Hall–Kier alpha value is -2.66. The maximum atomic E-state index is 10.7. The molecule has 21 heavy (non-hydrogen) atoms. The number of hydrogen-bond acceptors (Lipinski definition) is 4. The second kappa shape index (κ2) is 5.03. The van der Waals surface area contributed by atoms with Gasteiger partial charge in [-0.2, -0.15) is 0 Å². The van der Waals surface area contributed by atoms with Gasteiger partial charge >= 0.3 is 5.88 Å². The first-order valence-electron chi connectivity index (χ1n) is 6.48. The van der Waals surface area contributed by atoms with E-state index in [9.17, 15) is 15.2 Å². The summed E-state index contributed by atoms with van der Waals surface area (Å²) in [5.74, 6) is -0.212. The average Bonchev–Trinajstić information content (AvgIpc) is 2.97. The number of aliphatic hydroxyl groups is 1. The number of fused-ring (bicyclic) bond motifs is 1. The van der Waals surface area contributed by atoms with Crippen LogP contribution in [-0.4, -0.2) is 10.0 Å². The van der Waals surface area contributed by atoms with Gasteiger partial charge in [0.25, 0.3) is 0 Å². The molecule has 3 aromatic rings. The highest BCUT2D eigenvalue weighted by Gasteiger charge is 2.21. The predicted molar refractivity (Wildman–Crippen MR) is 78.1 cm³/mol. The minimum absolute atomic E-state index is 0.163. The fraction of sp³-hybridized carbons (Fsp3) is 0.125. The molecule has 106 valence electrons. The average molecular weight is 283 g/mol. The maximum Gasteiger partial charge on any atom is 0.433 e. The summed E-state index contributed by atoms with van der Waals surface area (Å²) in [5.41, 5.74) is 1.77. The molecule has 1 aromatic heterocycles. The molecule has 0 saturated carbocycles. The standard InChI is InChI=1S/C16H13NO4/c1-10-6-7-13(12-5-3-2-4-11(10)12)16(18)14-8-9-15(21-14)17(19)20/h2-9,16,18H,1H3. The van der Waals surface area contributed by atoms with Crippen LogP contribution in [0.4, 0.5) is 5.88 Å². The molecule has 0 amide bonds. The minimum Gasteiger partial charge on any atom is -0.403 e. The van der Waals surface area contributed by atoms with Gasteiger partial charge in [-0.3, -0.25) is 10.1 Å². The smallest absolute Gasteiger partial charge is 0.403 e. The Morgan fingerprint density at radius 2 is 1.81 bits per heavy atom. The molecule has 0 aliphatic heterocycles. The summed E-state index contributed by atoms with van der Waals surface area (Å²) in [6.45, 7) is 2.00. The van der Waals surface area contributed by atoms with E-state index in [0.29, 0.717) is 5.56 Å². The number of hydrogen-bond donors (Lipinski definition) is 1. The van der Waals surface area contributed by atoms with Gasteiger partial charge < -0.3 is 9.52 Å². The quantitative estimate of drug-likeness (QED) is 0.587. The van der Waals surface area contributed by atoms with Crippen LogP contribution in [0.25, 0.3) is 10.8 Å². The van der Waals surface area contributed by atoms with Crippen LogP contribution < -0.4 is 0 Å². The van der Waals surface area contributed by atoms with Gasteiger partial charge in [0.05, 0.1) is 6.07 Å². The van der Waals surface area contributed by atoms with Crippen molar-refractivity contribution in [3.63, 3.8) is 0 Å². The van der Waals surface area contributed by atoms with Gasteiger partial charge in [-0.25, -0.2) is 0 Å². The van der Waals surface area contributed by atoms with Gasteiger partial charge in [-0.15, -0.1) is 0 Å². The highest BCUT2D eigenvalue weighted by Crippen LogP contribution is 2.32. The molecule has 2 aromatic carbocycles. The summed E-state index contributed by atoms with van der Waals surface area (Å²) < 4.78 is 5.09. The van der Waals surface area contributed by atoms with Gasteiger partial charge in [-0.05, 0) is 34.9 Å². The van der Waals surface area contributed by atoms with Crippen LogP contribution in [0.15, 0.2) is 52.9 Å². The van der Waals surface area contributed by atoms with E-state index in [1.165, 1.54) is 12.1 Å². The minimum atomic E-state index is -1.04. The number of rotatable bonds is 3. The van der Waals surface area contributed by atoms with Crippen LogP contribution >= 0.6 is 0 Å². The molecule has 5 nitrogen and oxygen atoms in total. The van der Waals surface area contributed by atoms with E-state index < -0.39 is 11.0 Å². The van der Waals surface area contributed by atoms with Gasteiger partial charge in [0, 0.05) is 0 Å². The zero-order valence-electron chi connectivity index (χ0n) is 11.3. The normalized spacial score (nSPS) is 12.5. The number of furan rings is 1. The van der Waals surface area contributed by atoms with Crippen molar-refractivity contribution in [2.75, 3.05) is 0 Å². The summed E-state index contributed by atoms with van der Waals surface area (Å²) in [6.07, 6.45) is -1.04.